The van der Waals surface area contributed by atoms with Crippen LogP contribution >= 0.6 is 0 Å². The van der Waals surface area contributed by atoms with Crippen LogP contribution in [0.25, 0.3) is 0 Å². The normalized spacial score (nSPS) is 25.9. The quantitative estimate of drug-likeness (QED) is 0.689. The molecule has 1 aliphatic heterocycles. The van der Waals surface area contributed by atoms with Gasteiger partial charge >= 0.3 is 0 Å². The first kappa shape index (κ1) is 12.4. The molecule has 2 nitrogen and oxygen atoms in total. The number of likely N-dealkylation sites (tertiary alicyclic amines) is 1. The average Bonchev–Trinajstić information content (AvgIpc) is 3.02. The molecule has 0 spiro atoms. The highest BCUT2D eigenvalue weighted by molar-refractivity contribution is 4.96. The number of nitrogens with zero attached hydrogens (tertiary/aromatic N) is 1. The molecular weight excluding hydrogens is 198 g/mol. The molecule has 2 heteroatoms. The zero-order valence-electron chi connectivity index (χ0n) is 11.0. The topological polar surface area (TPSA) is 12.5 Å². The minimum absolute atomic E-state index is 0.548. The maximum absolute atomic E-state index is 5.34. The fourth-order valence-corrected chi connectivity index (χ4v) is 3.15. The Bertz CT molecular complexity index is 205. The van der Waals surface area contributed by atoms with Crippen LogP contribution in [0.15, 0.2) is 0 Å². The van der Waals surface area contributed by atoms with Gasteiger partial charge in [-0.3, -0.25) is 0 Å². The fourth-order valence-electron chi connectivity index (χ4n) is 3.15. The van der Waals surface area contributed by atoms with Gasteiger partial charge in [0.2, 0.25) is 0 Å². The molecule has 1 aliphatic carbocycles. The summed E-state index contributed by atoms with van der Waals surface area (Å²) in [4.78, 5) is 2.68. The molecule has 2 aliphatic rings. The molecule has 0 N–H and O–H groups in total. The number of hydrogen-bond acceptors (Lipinski definition) is 2. The Morgan fingerprint density at radius 2 is 1.94 bits per heavy atom. The summed E-state index contributed by atoms with van der Waals surface area (Å²) >= 11 is 0. The smallest absolute Gasteiger partial charge is 0.0530 e. The van der Waals surface area contributed by atoms with E-state index in [4.69, 9.17) is 4.74 Å². The van der Waals surface area contributed by atoms with Gasteiger partial charge in [0, 0.05) is 19.1 Å². The summed E-state index contributed by atoms with van der Waals surface area (Å²) in [5, 5.41) is 0. The molecule has 0 atom stereocenters. The Kier molecular flexibility index (Phi) is 4.26. The summed E-state index contributed by atoms with van der Waals surface area (Å²) in [6, 6.07) is 0. The van der Waals surface area contributed by atoms with E-state index in [1.54, 1.807) is 0 Å². The van der Waals surface area contributed by atoms with Gasteiger partial charge in [-0.1, -0.05) is 19.8 Å². The molecule has 94 valence electrons. The summed E-state index contributed by atoms with van der Waals surface area (Å²) < 4.78 is 5.34. The van der Waals surface area contributed by atoms with Crippen LogP contribution in [0.4, 0.5) is 0 Å². The third kappa shape index (κ3) is 3.21. The van der Waals surface area contributed by atoms with Crippen LogP contribution < -0.4 is 0 Å². The second-order valence-corrected chi connectivity index (χ2v) is 5.94. The van der Waals surface area contributed by atoms with Crippen molar-refractivity contribution in [2.24, 2.45) is 11.3 Å². The predicted molar refractivity (Wildman–Crippen MR) is 67.6 cm³/mol. The maximum atomic E-state index is 5.34. The van der Waals surface area contributed by atoms with Gasteiger partial charge in [0.05, 0.1) is 6.61 Å². The first-order chi connectivity index (χ1) is 7.78. The van der Waals surface area contributed by atoms with E-state index in [9.17, 15) is 0 Å². The number of methoxy groups -OCH3 is 1. The van der Waals surface area contributed by atoms with Crippen molar-refractivity contribution in [2.45, 2.75) is 45.4 Å². The second kappa shape index (κ2) is 5.50. The highest BCUT2D eigenvalue weighted by Gasteiger charge is 2.44. The van der Waals surface area contributed by atoms with Crippen molar-refractivity contribution >= 4 is 0 Å². The Hall–Kier alpha value is -0.0800. The molecule has 16 heavy (non-hydrogen) atoms. The van der Waals surface area contributed by atoms with E-state index in [1.807, 2.05) is 7.11 Å². The van der Waals surface area contributed by atoms with Gasteiger partial charge in [-0.15, -0.1) is 0 Å². The standard InChI is InChI=1S/C14H27NO/c1-3-4-13-5-9-15(10-6-13)11-14(7-8-14)12-16-2/h13H,3-12H2,1-2H3. The molecule has 1 heterocycles. The molecule has 0 aromatic carbocycles. The lowest BCUT2D eigenvalue weighted by Crippen LogP contribution is -2.38. The molecular formula is C14H27NO. The van der Waals surface area contributed by atoms with Crippen molar-refractivity contribution in [1.29, 1.82) is 0 Å². The van der Waals surface area contributed by atoms with Crippen molar-refractivity contribution in [3.05, 3.63) is 0 Å². The first-order valence-corrected chi connectivity index (χ1v) is 6.99. The van der Waals surface area contributed by atoms with E-state index in [0.29, 0.717) is 5.41 Å². The molecule has 0 amide bonds. The minimum Gasteiger partial charge on any atom is -0.384 e. The molecule has 0 radical (unpaired) electrons. The maximum Gasteiger partial charge on any atom is 0.0530 e. The molecule has 0 bridgehead atoms. The zero-order chi connectivity index (χ0) is 11.4. The Labute approximate surface area is 100 Å². The Morgan fingerprint density at radius 3 is 2.44 bits per heavy atom. The van der Waals surface area contributed by atoms with Crippen LogP contribution in [-0.2, 0) is 4.74 Å². The lowest BCUT2D eigenvalue weighted by Gasteiger charge is -2.34. The van der Waals surface area contributed by atoms with E-state index in [1.165, 1.54) is 58.2 Å². The molecule has 0 aromatic heterocycles. The summed E-state index contributed by atoms with van der Waals surface area (Å²) in [7, 11) is 1.84. The predicted octanol–water partition coefficient (Wildman–Crippen LogP) is 2.93. The third-order valence-electron chi connectivity index (χ3n) is 4.37. The Balaban J connectivity index is 1.69. The minimum atomic E-state index is 0.548. The lowest BCUT2D eigenvalue weighted by molar-refractivity contribution is 0.0898. The molecule has 0 aromatic rings. The van der Waals surface area contributed by atoms with Crippen LogP contribution in [0.2, 0.25) is 0 Å². The number of rotatable bonds is 6. The van der Waals surface area contributed by atoms with Gasteiger partial charge in [0.15, 0.2) is 0 Å². The van der Waals surface area contributed by atoms with Crippen molar-refractivity contribution in [1.82, 2.24) is 4.90 Å². The van der Waals surface area contributed by atoms with Crippen LogP contribution in [0, 0.1) is 11.3 Å². The van der Waals surface area contributed by atoms with Crippen LogP contribution in [0.3, 0.4) is 0 Å². The lowest BCUT2D eigenvalue weighted by atomic mass is 9.92. The number of piperidine rings is 1. The number of hydrogen-bond donors (Lipinski definition) is 0. The van der Waals surface area contributed by atoms with E-state index >= 15 is 0 Å². The van der Waals surface area contributed by atoms with Crippen molar-refractivity contribution in [3.63, 3.8) is 0 Å². The first-order valence-electron chi connectivity index (χ1n) is 6.99. The van der Waals surface area contributed by atoms with Crippen LogP contribution in [0.1, 0.15) is 45.4 Å². The van der Waals surface area contributed by atoms with Crippen molar-refractivity contribution < 1.29 is 4.74 Å². The summed E-state index contributed by atoms with van der Waals surface area (Å²) in [6.45, 7) is 7.23. The SMILES string of the molecule is CCCC1CCN(CC2(COC)CC2)CC1. The van der Waals surface area contributed by atoms with Gasteiger partial charge in [-0.25, -0.2) is 0 Å². The second-order valence-electron chi connectivity index (χ2n) is 5.94. The third-order valence-corrected chi connectivity index (χ3v) is 4.37. The summed E-state index contributed by atoms with van der Waals surface area (Å²) in [5.74, 6) is 1.01. The van der Waals surface area contributed by atoms with E-state index in [2.05, 4.69) is 11.8 Å². The van der Waals surface area contributed by atoms with Crippen molar-refractivity contribution in [2.75, 3.05) is 33.4 Å². The molecule has 1 saturated heterocycles. The van der Waals surface area contributed by atoms with Gasteiger partial charge < -0.3 is 9.64 Å². The summed E-state index contributed by atoms with van der Waals surface area (Å²) in [6.07, 6.45) is 8.43. The van der Waals surface area contributed by atoms with Gasteiger partial charge in [-0.2, -0.15) is 0 Å². The van der Waals surface area contributed by atoms with Gasteiger partial charge in [0.25, 0.3) is 0 Å². The van der Waals surface area contributed by atoms with Crippen LogP contribution in [-0.4, -0.2) is 38.3 Å². The average molecular weight is 225 g/mol. The van der Waals surface area contributed by atoms with Crippen LogP contribution in [0.5, 0.6) is 0 Å². The molecule has 0 unspecified atom stereocenters. The van der Waals surface area contributed by atoms with Crippen molar-refractivity contribution in [3.8, 4) is 0 Å². The molecule has 2 rings (SSSR count). The largest absolute Gasteiger partial charge is 0.384 e. The highest BCUT2D eigenvalue weighted by Crippen LogP contribution is 2.46. The Morgan fingerprint density at radius 1 is 1.25 bits per heavy atom. The monoisotopic (exact) mass is 225 g/mol. The highest BCUT2D eigenvalue weighted by atomic mass is 16.5. The van der Waals surface area contributed by atoms with E-state index < -0.39 is 0 Å². The molecule has 2 fully saturated rings. The summed E-state index contributed by atoms with van der Waals surface area (Å²) in [5.41, 5.74) is 0.548. The number of ether oxygens (including phenoxy) is 1. The molecule has 1 saturated carbocycles. The van der Waals surface area contributed by atoms with E-state index in [0.717, 1.165) is 12.5 Å². The van der Waals surface area contributed by atoms with Gasteiger partial charge in [-0.05, 0) is 44.7 Å². The van der Waals surface area contributed by atoms with E-state index in [-0.39, 0.29) is 0 Å². The zero-order valence-corrected chi connectivity index (χ0v) is 11.0. The fraction of sp³-hybridized carbons (Fsp3) is 1.00. The van der Waals surface area contributed by atoms with Gasteiger partial charge in [0.1, 0.15) is 0 Å².